The van der Waals surface area contributed by atoms with E-state index < -0.39 is 23.5 Å². The molecular formula is C16H22F2N2O2. The Kier molecular flexibility index (Phi) is 4.40. The molecule has 0 aliphatic carbocycles. The SMILES string of the molecule is Cc1cc(C2CN(C(=O)OC(C)(C)C)CCC2(F)F)ccn1. The van der Waals surface area contributed by atoms with Gasteiger partial charge in [-0.05, 0) is 45.4 Å². The third-order valence-electron chi connectivity index (χ3n) is 3.60. The van der Waals surface area contributed by atoms with Crippen LogP contribution in [-0.2, 0) is 4.74 Å². The summed E-state index contributed by atoms with van der Waals surface area (Å²) < 4.78 is 33.8. The number of pyridine rings is 1. The van der Waals surface area contributed by atoms with Crippen molar-refractivity contribution in [1.82, 2.24) is 9.88 Å². The van der Waals surface area contributed by atoms with Gasteiger partial charge in [0.1, 0.15) is 5.60 Å². The van der Waals surface area contributed by atoms with Crippen molar-refractivity contribution < 1.29 is 18.3 Å². The molecule has 1 aliphatic rings. The summed E-state index contributed by atoms with van der Waals surface area (Å²) >= 11 is 0. The lowest BCUT2D eigenvalue weighted by atomic mass is 9.87. The normalized spacial score (nSPS) is 21.5. The first-order valence-corrected chi connectivity index (χ1v) is 7.37. The number of hydrogen-bond acceptors (Lipinski definition) is 3. The molecule has 22 heavy (non-hydrogen) atoms. The van der Waals surface area contributed by atoms with E-state index in [0.717, 1.165) is 0 Å². The van der Waals surface area contributed by atoms with Crippen LogP contribution in [-0.4, -0.2) is 40.6 Å². The summed E-state index contributed by atoms with van der Waals surface area (Å²) in [6.07, 6.45) is 0.615. The third-order valence-corrected chi connectivity index (χ3v) is 3.60. The molecule has 1 fully saturated rings. The number of hydrogen-bond donors (Lipinski definition) is 0. The monoisotopic (exact) mass is 312 g/mol. The first kappa shape index (κ1) is 16.6. The van der Waals surface area contributed by atoms with Crippen molar-refractivity contribution in [3.8, 4) is 0 Å². The molecule has 1 aromatic rings. The van der Waals surface area contributed by atoms with E-state index >= 15 is 0 Å². The number of alkyl halides is 2. The van der Waals surface area contributed by atoms with Crippen molar-refractivity contribution in [3.63, 3.8) is 0 Å². The molecule has 2 heterocycles. The molecule has 0 radical (unpaired) electrons. The van der Waals surface area contributed by atoms with Gasteiger partial charge in [-0.25, -0.2) is 13.6 Å². The number of aryl methyl sites for hydroxylation is 1. The highest BCUT2D eigenvalue weighted by molar-refractivity contribution is 5.68. The predicted octanol–water partition coefficient (Wildman–Crippen LogP) is 3.75. The van der Waals surface area contributed by atoms with Crippen LogP contribution in [0.15, 0.2) is 18.3 Å². The van der Waals surface area contributed by atoms with Gasteiger partial charge in [0.25, 0.3) is 5.92 Å². The van der Waals surface area contributed by atoms with Crippen molar-refractivity contribution in [1.29, 1.82) is 0 Å². The maximum absolute atomic E-state index is 14.3. The summed E-state index contributed by atoms with van der Waals surface area (Å²) in [4.78, 5) is 17.5. The van der Waals surface area contributed by atoms with E-state index in [1.165, 1.54) is 11.1 Å². The maximum Gasteiger partial charge on any atom is 0.410 e. The van der Waals surface area contributed by atoms with Gasteiger partial charge in [0, 0.05) is 31.4 Å². The molecule has 0 saturated carbocycles. The summed E-state index contributed by atoms with van der Waals surface area (Å²) in [7, 11) is 0. The van der Waals surface area contributed by atoms with E-state index in [9.17, 15) is 13.6 Å². The van der Waals surface area contributed by atoms with Crippen LogP contribution in [0.5, 0.6) is 0 Å². The minimum Gasteiger partial charge on any atom is -0.444 e. The fourth-order valence-electron chi connectivity index (χ4n) is 2.53. The molecule has 122 valence electrons. The van der Waals surface area contributed by atoms with E-state index in [0.29, 0.717) is 11.3 Å². The number of halogens is 2. The van der Waals surface area contributed by atoms with E-state index in [-0.39, 0.29) is 19.5 Å². The predicted molar refractivity (Wildman–Crippen MR) is 79.1 cm³/mol. The van der Waals surface area contributed by atoms with E-state index in [2.05, 4.69) is 4.98 Å². The van der Waals surface area contributed by atoms with Gasteiger partial charge in [0.15, 0.2) is 0 Å². The molecule has 1 atom stereocenters. The summed E-state index contributed by atoms with van der Waals surface area (Å²) in [6, 6.07) is 3.24. The molecule has 2 rings (SSSR count). The molecule has 1 aliphatic heterocycles. The summed E-state index contributed by atoms with van der Waals surface area (Å²) in [5.41, 5.74) is 0.549. The molecule has 6 heteroatoms. The topological polar surface area (TPSA) is 42.4 Å². The Hall–Kier alpha value is -1.72. The van der Waals surface area contributed by atoms with E-state index in [4.69, 9.17) is 4.74 Å². The number of nitrogens with zero attached hydrogens (tertiary/aromatic N) is 2. The average molecular weight is 312 g/mol. The number of amides is 1. The standard InChI is InChI=1S/C16H22F2N2O2/c1-11-9-12(5-7-19-11)13-10-20(8-6-16(13,17)18)14(21)22-15(2,3)4/h5,7,9,13H,6,8,10H2,1-4H3. The van der Waals surface area contributed by atoms with E-state index in [1.807, 2.05) is 0 Å². The first-order chi connectivity index (χ1) is 10.1. The number of rotatable bonds is 1. The second kappa shape index (κ2) is 5.82. The second-order valence-electron chi connectivity index (χ2n) is 6.72. The molecule has 0 N–H and O–H groups in total. The summed E-state index contributed by atoms with van der Waals surface area (Å²) in [5.74, 6) is -3.87. The van der Waals surface area contributed by atoms with Crippen molar-refractivity contribution in [2.45, 2.75) is 51.6 Å². The number of carbonyl (C=O) groups excluding carboxylic acids is 1. The number of piperidine rings is 1. The number of ether oxygens (including phenoxy) is 1. The zero-order chi connectivity index (χ0) is 16.5. The highest BCUT2D eigenvalue weighted by atomic mass is 19.3. The fourth-order valence-corrected chi connectivity index (χ4v) is 2.53. The Balaban J connectivity index is 2.19. The Labute approximate surface area is 129 Å². The lowest BCUT2D eigenvalue weighted by Crippen LogP contribution is -2.49. The van der Waals surface area contributed by atoms with Gasteiger partial charge in [-0.3, -0.25) is 4.98 Å². The largest absolute Gasteiger partial charge is 0.444 e. The average Bonchev–Trinajstić information content (AvgIpc) is 2.36. The van der Waals surface area contributed by atoms with Crippen molar-refractivity contribution in [3.05, 3.63) is 29.6 Å². The molecule has 4 nitrogen and oxygen atoms in total. The Morgan fingerprint density at radius 3 is 2.73 bits per heavy atom. The van der Waals surface area contributed by atoms with Crippen LogP contribution in [0.3, 0.4) is 0 Å². The Morgan fingerprint density at radius 2 is 2.14 bits per heavy atom. The van der Waals surface area contributed by atoms with Crippen LogP contribution in [0.1, 0.15) is 44.4 Å². The highest BCUT2D eigenvalue weighted by Gasteiger charge is 2.46. The molecule has 1 unspecified atom stereocenters. The maximum atomic E-state index is 14.3. The molecule has 1 amide bonds. The van der Waals surface area contributed by atoms with E-state index in [1.54, 1.807) is 39.8 Å². The number of likely N-dealkylation sites (tertiary alicyclic amines) is 1. The highest BCUT2D eigenvalue weighted by Crippen LogP contribution is 2.40. The molecule has 0 bridgehead atoms. The molecule has 0 aromatic carbocycles. The van der Waals surface area contributed by atoms with Gasteiger partial charge >= 0.3 is 6.09 Å². The molecular weight excluding hydrogens is 290 g/mol. The van der Waals surface area contributed by atoms with Crippen LogP contribution in [0.4, 0.5) is 13.6 Å². The van der Waals surface area contributed by atoms with Gasteiger partial charge in [-0.1, -0.05) is 0 Å². The van der Waals surface area contributed by atoms with Gasteiger partial charge in [0.2, 0.25) is 0 Å². The minimum absolute atomic E-state index is 0.00246. The van der Waals surface area contributed by atoms with Crippen molar-refractivity contribution in [2.24, 2.45) is 0 Å². The quantitative estimate of drug-likeness (QED) is 0.793. The van der Waals surface area contributed by atoms with Gasteiger partial charge in [0.05, 0.1) is 5.92 Å². The Morgan fingerprint density at radius 1 is 1.45 bits per heavy atom. The van der Waals surface area contributed by atoms with Crippen LogP contribution in [0, 0.1) is 6.92 Å². The number of aromatic nitrogens is 1. The molecule has 1 aromatic heterocycles. The zero-order valence-electron chi connectivity index (χ0n) is 13.4. The lowest BCUT2D eigenvalue weighted by Gasteiger charge is -2.39. The van der Waals surface area contributed by atoms with Crippen molar-refractivity contribution >= 4 is 6.09 Å². The lowest BCUT2D eigenvalue weighted by molar-refractivity contribution is -0.0771. The van der Waals surface area contributed by atoms with Gasteiger partial charge in [-0.2, -0.15) is 0 Å². The minimum atomic E-state index is -2.84. The fraction of sp³-hybridized carbons (Fsp3) is 0.625. The molecule has 1 saturated heterocycles. The number of carbonyl (C=O) groups is 1. The summed E-state index contributed by atoms with van der Waals surface area (Å²) in [6.45, 7) is 6.98. The first-order valence-electron chi connectivity index (χ1n) is 7.37. The zero-order valence-corrected chi connectivity index (χ0v) is 13.4. The smallest absolute Gasteiger partial charge is 0.410 e. The van der Waals surface area contributed by atoms with Crippen molar-refractivity contribution in [2.75, 3.05) is 13.1 Å². The van der Waals surface area contributed by atoms with Gasteiger partial charge in [-0.15, -0.1) is 0 Å². The van der Waals surface area contributed by atoms with Crippen LogP contribution in [0.25, 0.3) is 0 Å². The Bertz CT molecular complexity index is 555. The second-order valence-corrected chi connectivity index (χ2v) is 6.72. The van der Waals surface area contributed by atoms with Gasteiger partial charge < -0.3 is 9.64 Å². The summed E-state index contributed by atoms with van der Waals surface area (Å²) in [5, 5.41) is 0. The van der Waals surface area contributed by atoms with Crippen LogP contribution >= 0.6 is 0 Å². The third kappa shape index (κ3) is 3.93. The molecule has 0 spiro atoms. The van der Waals surface area contributed by atoms with Crippen LogP contribution in [0.2, 0.25) is 0 Å². The van der Waals surface area contributed by atoms with Crippen LogP contribution < -0.4 is 0 Å².